The molecule has 0 bridgehead atoms. The van der Waals surface area contributed by atoms with Gasteiger partial charge in [0, 0.05) is 5.92 Å². The molecule has 0 spiro atoms. The van der Waals surface area contributed by atoms with Crippen LogP contribution in [0.5, 0.6) is 0 Å². The maximum absolute atomic E-state index is 11.3. The third-order valence-corrected chi connectivity index (χ3v) is 5.03. The first-order valence-corrected chi connectivity index (χ1v) is 8.27. The number of aliphatic hydroxyl groups is 2. The normalized spacial score (nSPS) is 33.9. The Kier molecular flexibility index (Phi) is 6.48. The Hall–Kier alpha value is 0.0700. The molecule has 5 nitrogen and oxygen atoms in total. The number of hydrogen-bond acceptors (Lipinski definition) is 4. The van der Waals surface area contributed by atoms with Crippen molar-refractivity contribution in [2.45, 2.75) is 45.6 Å². The Bertz CT molecular complexity index is 305. The molecule has 0 aromatic rings. The monoisotopic (exact) mass is 294 g/mol. The fraction of sp³-hybridized carbons (Fsp3) is 1.00. The van der Waals surface area contributed by atoms with E-state index in [1.807, 2.05) is 0 Å². The summed E-state index contributed by atoms with van der Waals surface area (Å²) in [6.07, 6.45) is 2.55. The van der Waals surface area contributed by atoms with Gasteiger partial charge >= 0.3 is 8.25 Å². The van der Waals surface area contributed by atoms with Gasteiger partial charge in [0.25, 0.3) is 0 Å². The zero-order chi connectivity index (χ0) is 14.6. The highest BCUT2D eigenvalue weighted by molar-refractivity contribution is 7.32. The summed E-state index contributed by atoms with van der Waals surface area (Å²) in [6.45, 7) is 5.72. The second-order valence-electron chi connectivity index (χ2n) is 6.12. The van der Waals surface area contributed by atoms with Crippen molar-refractivity contribution >= 4 is 8.25 Å². The zero-order valence-corrected chi connectivity index (χ0v) is 13.0. The molecule has 1 aliphatic rings. The molecule has 0 aromatic heterocycles. The standard InChI is InChI=1S/C13H27O5P/c1-9(2)12-5-4-10(3)6-13(12,18-19(16)17)11(7-14)8-15/h9-12,14-15,19H,4-8H2,1-3H3,(H,16,17)/t10-,12+,13?/m1/s1. The summed E-state index contributed by atoms with van der Waals surface area (Å²) in [7, 11) is -3.12. The van der Waals surface area contributed by atoms with E-state index in [1.54, 1.807) is 0 Å². The Morgan fingerprint density at radius 1 is 1.32 bits per heavy atom. The third-order valence-electron chi connectivity index (χ3n) is 4.48. The average Bonchev–Trinajstić information content (AvgIpc) is 2.28. The van der Waals surface area contributed by atoms with Crippen LogP contribution >= 0.6 is 8.25 Å². The summed E-state index contributed by atoms with van der Waals surface area (Å²) in [5.41, 5.74) is -0.889. The maximum atomic E-state index is 11.3. The zero-order valence-electron chi connectivity index (χ0n) is 12.0. The molecule has 0 amide bonds. The van der Waals surface area contributed by atoms with Crippen molar-refractivity contribution in [2.75, 3.05) is 13.2 Å². The van der Waals surface area contributed by atoms with Crippen LogP contribution in [0.15, 0.2) is 0 Å². The summed E-state index contributed by atoms with van der Waals surface area (Å²) in [5.74, 6) is 0.198. The summed E-state index contributed by atoms with van der Waals surface area (Å²) >= 11 is 0. The molecule has 6 heteroatoms. The van der Waals surface area contributed by atoms with Crippen LogP contribution in [0.25, 0.3) is 0 Å². The predicted molar refractivity (Wildman–Crippen MR) is 74.0 cm³/mol. The van der Waals surface area contributed by atoms with Crippen molar-refractivity contribution in [3.8, 4) is 0 Å². The minimum atomic E-state index is -3.12. The lowest BCUT2D eigenvalue weighted by atomic mass is 9.62. The lowest BCUT2D eigenvalue weighted by Gasteiger charge is -2.50. The molecule has 4 atom stereocenters. The third kappa shape index (κ3) is 3.79. The second-order valence-corrected chi connectivity index (χ2v) is 6.86. The Morgan fingerprint density at radius 3 is 2.32 bits per heavy atom. The largest absolute Gasteiger partial charge is 0.396 e. The van der Waals surface area contributed by atoms with E-state index in [0.717, 1.165) is 12.8 Å². The highest BCUT2D eigenvalue weighted by Gasteiger charge is 2.51. The molecule has 3 N–H and O–H groups in total. The smallest absolute Gasteiger partial charge is 0.317 e. The minimum Gasteiger partial charge on any atom is -0.396 e. The van der Waals surface area contributed by atoms with Crippen LogP contribution in [-0.4, -0.2) is 33.9 Å². The fourth-order valence-corrected chi connectivity index (χ4v) is 4.33. The number of hydrogen-bond donors (Lipinski definition) is 3. The van der Waals surface area contributed by atoms with Gasteiger partial charge < -0.3 is 19.6 Å². The molecule has 1 aliphatic carbocycles. The van der Waals surface area contributed by atoms with Gasteiger partial charge in [-0.2, -0.15) is 0 Å². The molecule has 19 heavy (non-hydrogen) atoms. The average molecular weight is 294 g/mol. The van der Waals surface area contributed by atoms with Gasteiger partial charge in [0.05, 0.1) is 18.8 Å². The van der Waals surface area contributed by atoms with Crippen LogP contribution in [0.2, 0.25) is 0 Å². The molecule has 0 radical (unpaired) electrons. The van der Waals surface area contributed by atoms with Crippen LogP contribution in [0.4, 0.5) is 0 Å². The van der Waals surface area contributed by atoms with Crippen molar-refractivity contribution in [1.82, 2.24) is 0 Å². The first-order chi connectivity index (χ1) is 8.87. The van der Waals surface area contributed by atoms with E-state index in [0.29, 0.717) is 12.3 Å². The number of aliphatic hydroxyl groups excluding tert-OH is 2. The van der Waals surface area contributed by atoms with E-state index >= 15 is 0 Å². The van der Waals surface area contributed by atoms with E-state index in [2.05, 4.69) is 20.8 Å². The van der Waals surface area contributed by atoms with Crippen LogP contribution in [0.1, 0.15) is 40.0 Å². The van der Waals surface area contributed by atoms with Gasteiger partial charge in [0.1, 0.15) is 0 Å². The molecule has 114 valence electrons. The topological polar surface area (TPSA) is 87.0 Å². The second kappa shape index (κ2) is 7.19. The van der Waals surface area contributed by atoms with Crippen LogP contribution < -0.4 is 0 Å². The molecule has 1 fully saturated rings. The van der Waals surface area contributed by atoms with E-state index in [9.17, 15) is 19.7 Å². The lowest BCUT2D eigenvalue weighted by Crippen LogP contribution is -2.54. The van der Waals surface area contributed by atoms with Crippen molar-refractivity contribution in [3.05, 3.63) is 0 Å². The fourth-order valence-electron chi connectivity index (χ4n) is 3.60. The Balaban J connectivity index is 3.16. The quantitative estimate of drug-likeness (QED) is 0.650. The van der Waals surface area contributed by atoms with Gasteiger partial charge in [0.2, 0.25) is 0 Å². The maximum Gasteiger partial charge on any atom is 0.317 e. The predicted octanol–water partition coefficient (Wildman–Crippen LogP) is 1.82. The summed E-state index contributed by atoms with van der Waals surface area (Å²) in [6, 6.07) is 0. The highest BCUT2D eigenvalue weighted by atomic mass is 31.1. The van der Waals surface area contributed by atoms with Crippen molar-refractivity contribution in [3.63, 3.8) is 0 Å². The summed E-state index contributed by atoms with van der Waals surface area (Å²) in [4.78, 5) is 9.26. The molecule has 1 rings (SSSR count). The van der Waals surface area contributed by atoms with Crippen LogP contribution in [0.3, 0.4) is 0 Å². The highest BCUT2D eigenvalue weighted by Crippen LogP contribution is 2.50. The lowest BCUT2D eigenvalue weighted by molar-refractivity contribution is -0.125. The minimum absolute atomic E-state index is 0.0779. The van der Waals surface area contributed by atoms with Gasteiger partial charge in [-0.25, -0.2) is 0 Å². The molecule has 1 saturated carbocycles. The van der Waals surface area contributed by atoms with E-state index in [-0.39, 0.29) is 25.0 Å². The van der Waals surface area contributed by atoms with Crippen LogP contribution in [0, 0.1) is 23.7 Å². The van der Waals surface area contributed by atoms with Gasteiger partial charge in [0.15, 0.2) is 0 Å². The molecule has 0 saturated heterocycles. The molecular weight excluding hydrogens is 267 g/mol. The van der Waals surface area contributed by atoms with Gasteiger partial charge in [-0.1, -0.05) is 27.2 Å². The van der Waals surface area contributed by atoms with Crippen LogP contribution in [-0.2, 0) is 9.09 Å². The Labute approximate surface area is 115 Å². The first-order valence-electron chi connectivity index (χ1n) is 7.01. The Morgan fingerprint density at radius 2 is 1.89 bits per heavy atom. The van der Waals surface area contributed by atoms with Crippen molar-refractivity contribution < 1.29 is 24.2 Å². The van der Waals surface area contributed by atoms with E-state index in [1.165, 1.54) is 0 Å². The van der Waals surface area contributed by atoms with E-state index in [4.69, 9.17) is 4.52 Å². The molecule has 0 aliphatic heterocycles. The van der Waals surface area contributed by atoms with Gasteiger partial charge in [-0.15, -0.1) is 0 Å². The molecule has 0 aromatic carbocycles. The van der Waals surface area contributed by atoms with E-state index < -0.39 is 19.8 Å². The molecule has 2 unspecified atom stereocenters. The first kappa shape index (κ1) is 17.1. The van der Waals surface area contributed by atoms with Gasteiger partial charge in [-0.05, 0) is 30.6 Å². The van der Waals surface area contributed by atoms with Gasteiger partial charge in [-0.3, -0.25) is 4.57 Å². The summed E-state index contributed by atoms with van der Waals surface area (Å²) in [5, 5.41) is 19.1. The summed E-state index contributed by atoms with van der Waals surface area (Å²) < 4.78 is 16.7. The van der Waals surface area contributed by atoms with Crippen molar-refractivity contribution in [1.29, 1.82) is 0 Å². The molecule has 0 heterocycles. The molecular formula is C13H27O5P. The SMILES string of the molecule is CC(C)[C@@H]1CC[C@@H](C)CC1(O[PH](=O)O)C(CO)CO. The van der Waals surface area contributed by atoms with Crippen molar-refractivity contribution in [2.24, 2.45) is 23.7 Å². The number of rotatable bonds is 6.